The molecule has 23 heavy (non-hydrogen) atoms. The van der Waals surface area contributed by atoms with Gasteiger partial charge in [0.1, 0.15) is 16.9 Å². The number of aromatic nitrogens is 2. The Bertz CT molecular complexity index is 990. The van der Waals surface area contributed by atoms with Gasteiger partial charge in [-0.1, -0.05) is 30.3 Å². The van der Waals surface area contributed by atoms with Gasteiger partial charge in [-0.2, -0.15) is 0 Å². The molecule has 0 radical (unpaired) electrons. The first-order valence-corrected chi connectivity index (χ1v) is 7.51. The standard InChI is InChI=1S/C19H15FN2O/c20-9-8-13-4-6-14(7-5-13)15-11-16-19(17(23)12-15)22-10-2-1-3-18(22)21-16/h1-7,10-12,23H,8-9H2. The fourth-order valence-electron chi connectivity index (χ4n) is 2.91. The predicted octanol–water partition coefficient (Wildman–Crippen LogP) is 4.37. The van der Waals surface area contributed by atoms with Crippen molar-refractivity contribution in [1.29, 1.82) is 0 Å². The number of phenols is 1. The van der Waals surface area contributed by atoms with E-state index in [4.69, 9.17) is 0 Å². The first-order valence-electron chi connectivity index (χ1n) is 7.51. The van der Waals surface area contributed by atoms with Crippen LogP contribution in [0.15, 0.2) is 60.8 Å². The van der Waals surface area contributed by atoms with Crippen LogP contribution in [0.5, 0.6) is 5.75 Å². The number of alkyl halides is 1. The summed E-state index contributed by atoms with van der Waals surface area (Å²) in [5, 5.41) is 10.4. The Morgan fingerprint density at radius 2 is 1.83 bits per heavy atom. The number of aryl methyl sites for hydroxylation is 1. The molecule has 0 aliphatic heterocycles. The monoisotopic (exact) mass is 306 g/mol. The number of rotatable bonds is 3. The number of hydrogen-bond donors (Lipinski definition) is 1. The molecule has 4 aromatic rings. The van der Waals surface area contributed by atoms with E-state index in [9.17, 15) is 9.50 Å². The van der Waals surface area contributed by atoms with Gasteiger partial charge in [0.15, 0.2) is 0 Å². The van der Waals surface area contributed by atoms with E-state index >= 15 is 0 Å². The summed E-state index contributed by atoms with van der Waals surface area (Å²) in [5.41, 5.74) is 5.09. The van der Waals surface area contributed by atoms with E-state index in [1.807, 2.05) is 59.1 Å². The maximum absolute atomic E-state index is 12.4. The Hall–Kier alpha value is -2.88. The van der Waals surface area contributed by atoms with Crippen LogP contribution in [-0.2, 0) is 6.42 Å². The Labute approximate surface area is 132 Å². The van der Waals surface area contributed by atoms with Crippen LogP contribution in [-0.4, -0.2) is 21.2 Å². The van der Waals surface area contributed by atoms with E-state index in [1.54, 1.807) is 6.07 Å². The van der Waals surface area contributed by atoms with Crippen LogP contribution in [0.25, 0.3) is 27.8 Å². The summed E-state index contributed by atoms with van der Waals surface area (Å²) in [6, 6.07) is 17.2. The molecule has 114 valence electrons. The van der Waals surface area contributed by atoms with Gasteiger partial charge in [0.2, 0.25) is 0 Å². The topological polar surface area (TPSA) is 37.5 Å². The molecule has 0 bridgehead atoms. The molecule has 3 nitrogen and oxygen atoms in total. The van der Waals surface area contributed by atoms with E-state index in [0.717, 1.165) is 27.9 Å². The lowest BCUT2D eigenvalue weighted by Crippen LogP contribution is -1.87. The van der Waals surface area contributed by atoms with Gasteiger partial charge in [0.05, 0.1) is 12.2 Å². The van der Waals surface area contributed by atoms with E-state index in [2.05, 4.69) is 4.98 Å². The summed E-state index contributed by atoms with van der Waals surface area (Å²) in [6.07, 6.45) is 2.31. The molecule has 4 rings (SSSR count). The fourth-order valence-corrected chi connectivity index (χ4v) is 2.91. The highest BCUT2D eigenvalue weighted by Crippen LogP contribution is 2.32. The minimum Gasteiger partial charge on any atom is -0.506 e. The van der Waals surface area contributed by atoms with Crippen molar-refractivity contribution >= 4 is 16.7 Å². The third-order valence-corrected chi connectivity index (χ3v) is 4.05. The van der Waals surface area contributed by atoms with E-state index < -0.39 is 0 Å². The SMILES string of the molecule is Oc1cc(-c2ccc(CCF)cc2)cc2nc3ccccn3c12. The number of phenolic OH excluding ortho intramolecular Hbond substituents is 1. The maximum Gasteiger partial charge on any atom is 0.142 e. The van der Waals surface area contributed by atoms with Crippen molar-refractivity contribution in [3.63, 3.8) is 0 Å². The normalized spacial score (nSPS) is 11.3. The highest BCUT2D eigenvalue weighted by molar-refractivity contribution is 5.90. The molecule has 4 heteroatoms. The van der Waals surface area contributed by atoms with Crippen LogP contribution in [0.3, 0.4) is 0 Å². The quantitative estimate of drug-likeness (QED) is 0.610. The Kier molecular flexibility index (Phi) is 3.23. The summed E-state index contributed by atoms with van der Waals surface area (Å²) in [4.78, 5) is 4.56. The van der Waals surface area contributed by atoms with Crippen molar-refractivity contribution < 1.29 is 9.50 Å². The summed E-state index contributed by atoms with van der Waals surface area (Å²) >= 11 is 0. The molecular formula is C19H15FN2O. The van der Waals surface area contributed by atoms with Gasteiger partial charge in [-0.05, 0) is 41.0 Å². The van der Waals surface area contributed by atoms with Crippen molar-refractivity contribution in [3.8, 4) is 16.9 Å². The Morgan fingerprint density at radius 1 is 1.00 bits per heavy atom. The number of nitrogens with zero attached hydrogens (tertiary/aromatic N) is 2. The lowest BCUT2D eigenvalue weighted by Gasteiger charge is -2.05. The molecule has 0 aliphatic rings. The zero-order valence-corrected chi connectivity index (χ0v) is 12.4. The summed E-state index contributed by atoms with van der Waals surface area (Å²) in [5.74, 6) is 0.198. The van der Waals surface area contributed by atoms with Crippen molar-refractivity contribution in [2.75, 3.05) is 6.67 Å². The zero-order valence-electron chi connectivity index (χ0n) is 12.4. The molecule has 2 aromatic carbocycles. The molecule has 0 unspecified atom stereocenters. The van der Waals surface area contributed by atoms with E-state index in [1.165, 1.54) is 0 Å². The van der Waals surface area contributed by atoms with Gasteiger partial charge in [-0.25, -0.2) is 4.98 Å². The van der Waals surface area contributed by atoms with E-state index in [-0.39, 0.29) is 12.4 Å². The lowest BCUT2D eigenvalue weighted by atomic mass is 10.0. The van der Waals surface area contributed by atoms with Gasteiger partial charge in [-0.15, -0.1) is 0 Å². The molecule has 0 saturated carbocycles. The minimum absolute atomic E-state index is 0.198. The Morgan fingerprint density at radius 3 is 2.61 bits per heavy atom. The van der Waals surface area contributed by atoms with Crippen molar-refractivity contribution in [3.05, 3.63) is 66.4 Å². The largest absolute Gasteiger partial charge is 0.506 e. The van der Waals surface area contributed by atoms with Gasteiger partial charge < -0.3 is 5.11 Å². The number of pyridine rings is 1. The van der Waals surface area contributed by atoms with Crippen LogP contribution in [0, 0.1) is 0 Å². The molecule has 0 aliphatic carbocycles. The smallest absolute Gasteiger partial charge is 0.142 e. The van der Waals surface area contributed by atoms with Gasteiger partial charge in [-0.3, -0.25) is 8.79 Å². The third kappa shape index (κ3) is 2.32. The van der Waals surface area contributed by atoms with Gasteiger partial charge in [0.25, 0.3) is 0 Å². The predicted molar refractivity (Wildman–Crippen MR) is 89.5 cm³/mol. The second kappa shape index (κ2) is 5.39. The van der Waals surface area contributed by atoms with Crippen molar-refractivity contribution in [2.45, 2.75) is 6.42 Å². The molecule has 0 atom stereocenters. The molecule has 2 heterocycles. The fraction of sp³-hybridized carbons (Fsp3) is 0.105. The second-order valence-electron chi connectivity index (χ2n) is 5.54. The number of benzene rings is 2. The van der Waals surface area contributed by atoms with Gasteiger partial charge in [0, 0.05) is 12.6 Å². The molecule has 2 aromatic heterocycles. The van der Waals surface area contributed by atoms with Crippen molar-refractivity contribution in [1.82, 2.24) is 9.38 Å². The molecule has 0 saturated heterocycles. The molecule has 0 amide bonds. The van der Waals surface area contributed by atoms with Crippen LogP contribution < -0.4 is 0 Å². The van der Waals surface area contributed by atoms with Crippen LogP contribution in [0.4, 0.5) is 4.39 Å². The minimum atomic E-state index is -0.354. The average molecular weight is 306 g/mol. The average Bonchev–Trinajstić information content (AvgIpc) is 2.94. The number of hydrogen-bond acceptors (Lipinski definition) is 2. The second-order valence-corrected chi connectivity index (χ2v) is 5.54. The third-order valence-electron chi connectivity index (χ3n) is 4.05. The Balaban J connectivity index is 1.86. The molecule has 1 N–H and O–H groups in total. The lowest BCUT2D eigenvalue weighted by molar-refractivity contribution is 0.480. The summed E-state index contributed by atoms with van der Waals surface area (Å²) in [6.45, 7) is -0.354. The number of fused-ring (bicyclic) bond motifs is 3. The maximum atomic E-state index is 12.4. The highest BCUT2D eigenvalue weighted by atomic mass is 19.1. The first kappa shape index (κ1) is 13.8. The van der Waals surface area contributed by atoms with Crippen molar-refractivity contribution in [2.24, 2.45) is 0 Å². The first-order chi connectivity index (χ1) is 11.3. The molecule has 0 fully saturated rings. The van der Waals surface area contributed by atoms with Crippen LogP contribution in [0.1, 0.15) is 5.56 Å². The zero-order chi connectivity index (χ0) is 15.8. The highest BCUT2D eigenvalue weighted by Gasteiger charge is 2.11. The molecular weight excluding hydrogens is 291 g/mol. The van der Waals surface area contributed by atoms with E-state index in [0.29, 0.717) is 11.9 Å². The number of imidazole rings is 1. The van der Waals surface area contributed by atoms with Crippen LogP contribution >= 0.6 is 0 Å². The van der Waals surface area contributed by atoms with Crippen LogP contribution in [0.2, 0.25) is 0 Å². The van der Waals surface area contributed by atoms with Gasteiger partial charge >= 0.3 is 0 Å². The molecule has 0 spiro atoms. The number of aromatic hydroxyl groups is 1. The summed E-state index contributed by atoms with van der Waals surface area (Å²) < 4.78 is 14.3. The number of halogens is 1. The summed E-state index contributed by atoms with van der Waals surface area (Å²) in [7, 11) is 0.